The highest BCUT2D eigenvalue weighted by Gasteiger charge is 2.40. The maximum atomic E-state index is 13.5. The number of likely N-dealkylation sites (N-methyl/N-ethyl adjacent to an activating group) is 1. The highest BCUT2D eigenvalue weighted by molar-refractivity contribution is 5.94. The van der Waals surface area contributed by atoms with E-state index in [4.69, 9.17) is 10.5 Å². The number of nitrogens with one attached hydrogen (secondary N) is 1. The average molecular weight is 497 g/mol. The molecule has 1 heterocycles. The summed E-state index contributed by atoms with van der Waals surface area (Å²) in [4.78, 5) is 14.7. The van der Waals surface area contributed by atoms with Crippen molar-refractivity contribution in [1.82, 2.24) is 5.32 Å². The van der Waals surface area contributed by atoms with Gasteiger partial charge in [0.1, 0.15) is 5.82 Å². The van der Waals surface area contributed by atoms with Crippen LogP contribution in [0, 0.1) is 11.3 Å². The number of nitrogens with two attached hydrogens (primary N) is 1. The molecule has 6 nitrogen and oxygen atoms in total. The summed E-state index contributed by atoms with van der Waals surface area (Å²) in [5.41, 5.74) is 8.54. The predicted octanol–water partition coefficient (Wildman–Crippen LogP) is 5.31. The third kappa shape index (κ3) is 5.08. The molecule has 1 unspecified atom stereocenters. The molecule has 1 aliphatic rings. The van der Waals surface area contributed by atoms with Crippen LogP contribution in [0.3, 0.4) is 0 Å². The summed E-state index contributed by atoms with van der Waals surface area (Å²) in [5, 5.41) is 12.4. The largest absolute Gasteiger partial charge is 0.463 e. The number of carbonyl (C=O) groups excluding carboxylic acids is 1. The quantitative estimate of drug-likeness (QED) is 0.505. The van der Waals surface area contributed by atoms with Crippen LogP contribution in [0.4, 0.5) is 18.9 Å². The van der Waals surface area contributed by atoms with E-state index in [0.29, 0.717) is 34.6 Å². The van der Waals surface area contributed by atoms with Gasteiger partial charge in [-0.05, 0) is 56.7 Å². The van der Waals surface area contributed by atoms with Crippen LogP contribution in [0.5, 0.6) is 0 Å². The first-order chi connectivity index (χ1) is 17.0. The first-order valence-electron chi connectivity index (χ1n) is 11.3. The molecule has 0 saturated heterocycles. The summed E-state index contributed by atoms with van der Waals surface area (Å²) in [6.45, 7) is 9.97. The van der Waals surface area contributed by atoms with Gasteiger partial charge in [0.25, 0.3) is 0 Å². The second kappa shape index (κ2) is 10.6. The maximum Gasteiger partial charge on any atom is 0.416 e. The minimum atomic E-state index is -4.56. The Labute approximate surface area is 208 Å². The van der Waals surface area contributed by atoms with Crippen LogP contribution in [0.1, 0.15) is 43.4 Å². The Morgan fingerprint density at radius 1 is 1.19 bits per heavy atom. The lowest BCUT2D eigenvalue weighted by molar-refractivity contribution is -0.139. The summed E-state index contributed by atoms with van der Waals surface area (Å²) >= 11 is 0. The fourth-order valence-electron chi connectivity index (χ4n) is 4.29. The van der Waals surface area contributed by atoms with E-state index in [1.54, 1.807) is 38.1 Å². The van der Waals surface area contributed by atoms with Crippen molar-refractivity contribution in [3.63, 3.8) is 0 Å². The molecule has 3 rings (SSSR count). The number of nitrogens with zero attached hydrogens (tertiary/aromatic N) is 2. The Balaban J connectivity index is 2.34. The number of esters is 1. The SMILES string of the molecule is C=C(NCC)C1=C(C)N(c2cccc(C(F)(F)F)c2)C(N)=C(C(=O)OCC)C1c1ccc(C#N)cc1. The first-order valence-corrected chi connectivity index (χ1v) is 11.3. The van der Waals surface area contributed by atoms with Gasteiger partial charge in [-0.2, -0.15) is 18.4 Å². The number of benzene rings is 2. The van der Waals surface area contributed by atoms with E-state index in [-0.39, 0.29) is 23.7 Å². The highest BCUT2D eigenvalue weighted by Crippen LogP contribution is 2.45. The van der Waals surface area contributed by atoms with Gasteiger partial charge in [-0.15, -0.1) is 0 Å². The van der Waals surface area contributed by atoms with E-state index in [9.17, 15) is 23.2 Å². The number of rotatable bonds is 7. The Bertz CT molecular complexity index is 1230. The minimum Gasteiger partial charge on any atom is -0.463 e. The molecule has 9 heteroatoms. The highest BCUT2D eigenvalue weighted by atomic mass is 19.4. The van der Waals surface area contributed by atoms with E-state index in [2.05, 4.69) is 18.0 Å². The fourth-order valence-corrected chi connectivity index (χ4v) is 4.29. The van der Waals surface area contributed by atoms with E-state index in [1.165, 1.54) is 17.0 Å². The van der Waals surface area contributed by atoms with Gasteiger partial charge in [-0.1, -0.05) is 24.8 Å². The van der Waals surface area contributed by atoms with Crippen molar-refractivity contribution in [2.24, 2.45) is 5.73 Å². The van der Waals surface area contributed by atoms with Crippen molar-refractivity contribution < 1.29 is 22.7 Å². The Hall–Kier alpha value is -4.19. The summed E-state index contributed by atoms with van der Waals surface area (Å²) < 4.78 is 45.8. The third-order valence-electron chi connectivity index (χ3n) is 5.83. The predicted molar refractivity (Wildman–Crippen MR) is 131 cm³/mol. The van der Waals surface area contributed by atoms with Crippen LogP contribution in [0.25, 0.3) is 0 Å². The Morgan fingerprint density at radius 2 is 1.86 bits per heavy atom. The lowest BCUT2D eigenvalue weighted by Gasteiger charge is -2.39. The number of hydrogen-bond acceptors (Lipinski definition) is 6. The van der Waals surface area contributed by atoms with Crippen LogP contribution >= 0.6 is 0 Å². The molecule has 36 heavy (non-hydrogen) atoms. The van der Waals surface area contributed by atoms with Crippen LogP contribution in [0.2, 0.25) is 0 Å². The van der Waals surface area contributed by atoms with Crippen LogP contribution in [0.15, 0.2) is 83.5 Å². The third-order valence-corrected chi connectivity index (χ3v) is 5.83. The van der Waals surface area contributed by atoms with Gasteiger partial charge >= 0.3 is 12.1 Å². The molecule has 0 amide bonds. The monoisotopic (exact) mass is 496 g/mol. The number of allylic oxidation sites excluding steroid dienone is 2. The topological polar surface area (TPSA) is 91.4 Å². The average Bonchev–Trinajstić information content (AvgIpc) is 2.83. The smallest absolute Gasteiger partial charge is 0.416 e. The zero-order chi connectivity index (χ0) is 26.6. The molecule has 188 valence electrons. The summed E-state index contributed by atoms with van der Waals surface area (Å²) in [6, 6.07) is 13.4. The van der Waals surface area contributed by atoms with E-state index in [0.717, 1.165) is 12.1 Å². The number of ether oxygens (including phenoxy) is 1. The molecule has 0 spiro atoms. The van der Waals surface area contributed by atoms with Crippen LogP contribution in [-0.4, -0.2) is 19.1 Å². The molecule has 0 radical (unpaired) electrons. The molecule has 3 N–H and O–H groups in total. The first kappa shape index (κ1) is 26.4. The minimum absolute atomic E-state index is 0.0484. The molecule has 0 aromatic heterocycles. The van der Waals surface area contributed by atoms with Crippen LogP contribution < -0.4 is 16.0 Å². The summed E-state index contributed by atoms with van der Waals surface area (Å²) in [5.74, 6) is -1.48. The molecule has 0 saturated carbocycles. The van der Waals surface area contributed by atoms with Gasteiger partial charge in [-0.25, -0.2) is 4.79 Å². The standard InChI is InChI=1S/C27H27F3N4O2/c1-5-33-16(3)22-17(4)34(21-9-7-8-20(14-21)27(28,29)30)25(32)24(26(35)36-6-2)23(22)19-12-10-18(15-31)11-13-19/h7-14,23,33H,3,5-6,32H2,1-2,4H3. The second-order valence-corrected chi connectivity index (χ2v) is 8.08. The number of alkyl halides is 3. The maximum absolute atomic E-state index is 13.5. The lowest BCUT2D eigenvalue weighted by Crippen LogP contribution is -2.39. The number of nitriles is 1. The van der Waals surface area contributed by atoms with Gasteiger partial charge in [-0.3, -0.25) is 0 Å². The van der Waals surface area contributed by atoms with Crippen molar-refractivity contribution in [2.45, 2.75) is 32.9 Å². The van der Waals surface area contributed by atoms with Gasteiger partial charge < -0.3 is 20.7 Å². The zero-order valence-electron chi connectivity index (χ0n) is 20.2. The molecular weight excluding hydrogens is 469 g/mol. The molecule has 1 atom stereocenters. The summed E-state index contributed by atoms with van der Waals surface area (Å²) in [7, 11) is 0. The summed E-state index contributed by atoms with van der Waals surface area (Å²) in [6.07, 6.45) is -4.56. The Kier molecular flexibility index (Phi) is 7.78. The van der Waals surface area contributed by atoms with Crippen molar-refractivity contribution in [3.05, 3.63) is 100 Å². The number of halogens is 3. The normalized spacial score (nSPS) is 16.0. The molecule has 2 aromatic carbocycles. The molecular formula is C27H27F3N4O2. The molecule has 0 aliphatic carbocycles. The molecule has 0 bridgehead atoms. The van der Waals surface area contributed by atoms with Crippen molar-refractivity contribution in [1.29, 1.82) is 5.26 Å². The van der Waals surface area contributed by atoms with E-state index in [1.807, 2.05) is 6.92 Å². The fraction of sp³-hybridized carbons (Fsp3) is 0.259. The van der Waals surface area contributed by atoms with Crippen LogP contribution in [-0.2, 0) is 15.7 Å². The van der Waals surface area contributed by atoms with E-state index >= 15 is 0 Å². The number of carbonyl (C=O) groups is 1. The van der Waals surface area contributed by atoms with Gasteiger partial charge in [0.15, 0.2) is 0 Å². The zero-order valence-corrected chi connectivity index (χ0v) is 20.2. The number of hydrogen-bond donors (Lipinski definition) is 2. The lowest BCUT2D eigenvalue weighted by atomic mass is 9.79. The Morgan fingerprint density at radius 3 is 2.42 bits per heavy atom. The van der Waals surface area contributed by atoms with Gasteiger partial charge in [0.2, 0.25) is 0 Å². The van der Waals surface area contributed by atoms with Gasteiger partial charge in [0, 0.05) is 35.1 Å². The van der Waals surface area contributed by atoms with Gasteiger partial charge in [0.05, 0.1) is 29.4 Å². The molecule has 1 aliphatic heterocycles. The molecule has 0 fully saturated rings. The second-order valence-electron chi connectivity index (χ2n) is 8.08. The number of anilines is 1. The van der Waals surface area contributed by atoms with Crippen molar-refractivity contribution in [3.8, 4) is 6.07 Å². The molecule has 2 aromatic rings. The van der Waals surface area contributed by atoms with Crippen molar-refractivity contribution in [2.75, 3.05) is 18.1 Å². The van der Waals surface area contributed by atoms with E-state index < -0.39 is 23.6 Å². The van der Waals surface area contributed by atoms with Crippen molar-refractivity contribution >= 4 is 11.7 Å².